The monoisotopic (exact) mass is 298 g/mol. The molecule has 0 bridgehead atoms. The zero-order valence-corrected chi connectivity index (χ0v) is 12.2. The van der Waals surface area contributed by atoms with Crippen molar-refractivity contribution in [3.8, 4) is 0 Å². The summed E-state index contributed by atoms with van der Waals surface area (Å²) in [7, 11) is 0. The number of anilines is 2. The van der Waals surface area contributed by atoms with Crippen molar-refractivity contribution in [2.75, 3.05) is 16.8 Å². The molecule has 0 spiro atoms. The van der Waals surface area contributed by atoms with E-state index in [0.717, 1.165) is 36.3 Å². The lowest BCUT2D eigenvalue weighted by molar-refractivity contribution is -0.117. The second-order valence-electron chi connectivity index (χ2n) is 5.40. The molecule has 0 radical (unpaired) electrons. The van der Waals surface area contributed by atoms with E-state index in [2.05, 4.69) is 5.32 Å². The number of carbonyl (C=O) groups excluding carboxylic acids is 2. The molecule has 1 aromatic heterocycles. The van der Waals surface area contributed by atoms with E-state index >= 15 is 0 Å². The van der Waals surface area contributed by atoms with Gasteiger partial charge in [-0.1, -0.05) is 6.07 Å². The van der Waals surface area contributed by atoms with E-state index in [-0.39, 0.29) is 11.8 Å². The Morgan fingerprint density at radius 3 is 2.95 bits per heavy atom. The maximum atomic E-state index is 12.1. The van der Waals surface area contributed by atoms with Gasteiger partial charge in [-0.2, -0.15) is 0 Å². The summed E-state index contributed by atoms with van der Waals surface area (Å²) in [5, 5.41) is 4.83. The van der Waals surface area contributed by atoms with Gasteiger partial charge in [0.25, 0.3) is 5.91 Å². The molecule has 4 nitrogen and oxygen atoms in total. The van der Waals surface area contributed by atoms with Crippen LogP contribution in [0.5, 0.6) is 0 Å². The van der Waals surface area contributed by atoms with E-state index in [9.17, 15) is 9.59 Å². The van der Waals surface area contributed by atoms with Crippen LogP contribution in [0.25, 0.3) is 0 Å². The van der Waals surface area contributed by atoms with E-state index < -0.39 is 0 Å². The van der Waals surface area contributed by atoms with Crippen molar-refractivity contribution in [1.29, 1.82) is 0 Å². The molecular weight excluding hydrogens is 284 g/mol. The molecule has 2 aliphatic rings. The molecule has 0 fully saturated rings. The quantitative estimate of drug-likeness (QED) is 0.927. The number of nitrogens with one attached hydrogen (secondary N) is 1. The fourth-order valence-corrected chi connectivity index (χ4v) is 3.77. The lowest BCUT2D eigenvalue weighted by Crippen LogP contribution is -2.31. The molecule has 1 N–H and O–H groups in total. The summed E-state index contributed by atoms with van der Waals surface area (Å²) in [6, 6.07) is 7.62. The molecule has 106 valence electrons. The Labute approximate surface area is 126 Å². The van der Waals surface area contributed by atoms with Gasteiger partial charge >= 0.3 is 0 Å². The van der Waals surface area contributed by atoms with Gasteiger partial charge in [-0.3, -0.25) is 9.59 Å². The van der Waals surface area contributed by atoms with Gasteiger partial charge in [-0.15, -0.1) is 11.3 Å². The van der Waals surface area contributed by atoms with Gasteiger partial charge in [-0.05, 0) is 47.5 Å². The number of thiophene rings is 1. The molecule has 21 heavy (non-hydrogen) atoms. The van der Waals surface area contributed by atoms with Gasteiger partial charge in [0.15, 0.2) is 0 Å². The minimum atomic E-state index is -0.0888. The summed E-state index contributed by atoms with van der Waals surface area (Å²) < 4.78 is 0. The Kier molecular flexibility index (Phi) is 2.82. The van der Waals surface area contributed by atoms with Crippen molar-refractivity contribution >= 4 is 34.5 Å². The summed E-state index contributed by atoms with van der Waals surface area (Å²) in [5.74, 6) is 0.0850. The molecule has 2 amide bonds. The maximum absolute atomic E-state index is 12.1. The zero-order chi connectivity index (χ0) is 14.4. The predicted octanol–water partition coefficient (Wildman–Crippen LogP) is 2.84. The van der Waals surface area contributed by atoms with Crippen LogP contribution in [0.3, 0.4) is 0 Å². The molecule has 3 heterocycles. The third kappa shape index (κ3) is 2.05. The average Bonchev–Trinajstić information content (AvgIpc) is 3.09. The van der Waals surface area contributed by atoms with Crippen LogP contribution < -0.4 is 10.2 Å². The van der Waals surface area contributed by atoms with Crippen molar-refractivity contribution in [3.05, 3.63) is 45.6 Å². The normalized spacial score (nSPS) is 16.0. The van der Waals surface area contributed by atoms with Gasteiger partial charge in [0.05, 0.1) is 17.0 Å². The van der Waals surface area contributed by atoms with Gasteiger partial charge in [-0.25, -0.2) is 0 Å². The number of nitrogens with zero attached hydrogens (tertiary/aromatic N) is 1. The molecule has 2 aromatic rings. The first kappa shape index (κ1) is 12.6. The summed E-state index contributed by atoms with van der Waals surface area (Å²) in [5.41, 5.74) is 4.09. The minimum absolute atomic E-state index is 0.0888. The molecule has 0 saturated carbocycles. The average molecular weight is 298 g/mol. The van der Waals surface area contributed by atoms with Crippen molar-refractivity contribution in [3.63, 3.8) is 0 Å². The number of amides is 2. The number of rotatable bonds is 2. The van der Waals surface area contributed by atoms with Crippen LogP contribution in [0.1, 0.15) is 27.2 Å². The number of benzene rings is 1. The summed E-state index contributed by atoms with van der Waals surface area (Å²) in [4.78, 5) is 26.7. The molecule has 0 unspecified atom stereocenters. The number of hydrogen-bond donors (Lipinski definition) is 1. The molecule has 4 rings (SSSR count). The van der Waals surface area contributed by atoms with Crippen LogP contribution in [-0.4, -0.2) is 18.4 Å². The first-order chi connectivity index (χ1) is 10.2. The number of aryl methyl sites for hydroxylation is 1. The van der Waals surface area contributed by atoms with Crippen molar-refractivity contribution < 1.29 is 9.59 Å². The first-order valence-corrected chi connectivity index (χ1v) is 7.91. The fraction of sp³-hybridized carbons (Fsp3) is 0.250. The Morgan fingerprint density at radius 2 is 2.14 bits per heavy atom. The Morgan fingerprint density at radius 1 is 1.29 bits per heavy atom. The van der Waals surface area contributed by atoms with E-state index in [1.54, 1.807) is 0 Å². The lowest BCUT2D eigenvalue weighted by Gasteiger charge is -2.26. The number of hydrogen-bond acceptors (Lipinski definition) is 3. The maximum Gasteiger partial charge on any atom is 0.265 e. The second kappa shape index (κ2) is 4.70. The van der Waals surface area contributed by atoms with Crippen molar-refractivity contribution in [1.82, 2.24) is 0 Å². The molecule has 5 heteroatoms. The summed E-state index contributed by atoms with van der Waals surface area (Å²) >= 11 is 1.42. The van der Waals surface area contributed by atoms with E-state index in [1.165, 1.54) is 16.9 Å². The smallest absolute Gasteiger partial charge is 0.265 e. The number of carbonyl (C=O) groups is 2. The standard InChI is InChI=1S/C16H14N2O2S/c19-14-9-11-8-12(17-16(20)13-4-2-6-21-13)7-10-3-1-5-18(14)15(10)11/h2,4,6-8H,1,3,5,9H2,(H,17,20). The van der Waals surface area contributed by atoms with Gasteiger partial charge in [0.2, 0.25) is 5.91 Å². The highest BCUT2D eigenvalue weighted by molar-refractivity contribution is 7.12. The first-order valence-electron chi connectivity index (χ1n) is 7.03. The molecule has 2 aliphatic heterocycles. The SMILES string of the molecule is O=C(Nc1cc2c3c(c1)CC(=O)N3CCC2)c1cccs1. The lowest BCUT2D eigenvalue weighted by atomic mass is 9.99. The van der Waals surface area contributed by atoms with Crippen LogP contribution in [0.2, 0.25) is 0 Å². The molecule has 0 atom stereocenters. The van der Waals surface area contributed by atoms with Crippen molar-refractivity contribution in [2.24, 2.45) is 0 Å². The van der Waals surface area contributed by atoms with E-state index in [1.807, 2.05) is 34.5 Å². The van der Waals surface area contributed by atoms with Gasteiger partial charge in [0, 0.05) is 12.2 Å². The van der Waals surface area contributed by atoms with Crippen LogP contribution in [-0.2, 0) is 17.6 Å². The van der Waals surface area contributed by atoms with E-state index in [4.69, 9.17) is 0 Å². The summed E-state index contributed by atoms with van der Waals surface area (Å²) in [6.45, 7) is 0.819. The third-order valence-corrected chi connectivity index (χ3v) is 4.88. The van der Waals surface area contributed by atoms with Crippen LogP contribution in [0, 0.1) is 0 Å². The predicted molar refractivity (Wildman–Crippen MR) is 83.1 cm³/mol. The Bertz CT molecular complexity index is 737. The highest BCUT2D eigenvalue weighted by Gasteiger charge is 2.32. The zero-order valence-electron chi connectivity index (χ0n) is 11.4. The van der Waals surface area contributed by atoms with Gasteiger partial charge in [0.1, 0.15) is 0 Å². The van der Waals surface area contributed by atoms with Crippen molar-refractivity contribution in [2.45, 2.75) is 19.3 Å². The topological polar surface area (TPSA) is 49.4 Å². The largest absolute Gasteiger partial charge is 0.321 e. The van der Waals surface area contributed by atoms with Gasteiger partial charge < -0.3 is 10.2 Å². The second-order valence-corrected chi connectivity index (χ2v) is 6.35. The molecule has 0 saturated heterocycles. The van der Waals surface area contributed by atoms with E-state index in [0.29, 0.717) is 11.3 Å². The summed E-state index contributed by atoms with van der Waals surface area (Å²) in [6.07, 6.45) is 2.40. The van der Waals surface area contributed by atoms with Crippen LogP contribution in [0.15, 0.2) is 29.6 Å². The third-order valence-electron chi connectivity index (χ3n) is 4.01. The molecule has 1 aromatic carbocycles. The fourth-order valence-electron chi connectivity index (χ4n) is 3.15. The van der Waals surface area contributed by atoms with Crippen LogP contribution >= 0.6 is 11.3 Å². The molecule has 0 aliphatic carbocycles. The Hall–Kier alpha value is -2.14. The highest BCUT2D eigenvalue weighted by atomic mass is 32.1. The Balaban J connectivity index is 1.68. The minimum Gasteiger partial charge on any atom is -0.321 e. The highest BCUT2D eigenvalue weighted by Crippen LogP contribution is 2.38. The molecular formula is C16H14N2O2S. The van der Waals surface area contributed by atoms with Crippen LogP contribution in [0.4, 0.5) is 11.4 Å².